The molecular weight excluding hydrogens is 803 g/mol. The summed E-state index contributed by atoms with van der Waals surface area (Å²) in [5.41, 5.74) is 11.9. The molecule has 0 heterocycles. The van der Waals surface area contributed by atoms with Crippen molar-refractivity contribution >= 4 is 69.4 Å². The van der Waals surface area contributed by atoms with Crippen LogP contribution in [0, 0.1) is 27.0 Å². The summed E-state index contributed by atoms with van der Waals surface area (Å²) >= 11 is 12.2. The van der Waals surface area contributed by atoms with Gasteiger partial charge in [-0.2, -0.15) is 0 Å². The Morgan fingerprint density at radius 3 is 1.59 bits per heavy atom. The van der Waals surface area contributed by atoms with Gasteiger partial charge >= 0.3 is 5.97 Å². The van der Waals surface area contributed by atoms with Crippen molar-refractivity contribution in [3.05, 3.63) is 135 Å². The number of aliphatic carboxylic acids is 1. The second-order valence-corrected chi connectivity index (χ2v) is 13.2. The Bertz CT molecular complexity index is 2210. The number of benzene rings is 4. The number of hydrazine groups is 2. The molecule has 0 saturated heterocycles. The van der Waals surface area contributed by atoms with Crippen molar-refractivity contribution in [3.8, 4) is 11.5 Å². The quantitative estimate of drug-likeness (QED) is 0.0291. The number of halogens is 2. The number of carboxylic acid groups (broad SMARTS) is 1. The normalized spacial score (nSPS) is 12.0. The number of anilines is 2. The highest BCUT2D eigenvalue weighted by Gasteiger charge is 2.26. The molecule has 0 bridgehead atoms. The van der Waals surface area contributed by atoms with Crippen LogP contribution in [0.2, 0.25) is 10.0 Å². The summed E-state index contributed by atoms with van der Waals surface area (Å²) in [6, 6.07) is 18.2. The number of amides is 2. The van der Waals surface area contributed by atoms with E-state index in [9.17, 15) is 24.6 Å². The Hall–Kier alpha value is -6.53. The first-order valence-corrected chi connectivity index (χ1v) is 18.2. The van der Waals surface area contributed by atoms with E-state index in [0.29, 0.717) is 61.7 Å². The second kappa shape index (κ2) is 23.6. The lowest BCUT2D eigenvalue weighted by molar-refractivity contribution is -0.140. The Kier molecular flexibility index (Phi) is 19.5. The first kappa shape index (κ1) is 48.6. The first-order valence-electron chi connectivity index (χ1n) is 17.4. The van der Waals surface area contributed by atoms with E-state index in [1.54, 1.807) is 82.7 Å². The molecular formula is C41H46Cl2N8O8. The Morgan fingerprint density at radius 1 is 0.746 bits per heavy atom. The second-order valence-electron chi connectivity index (χ2n) is 12.5. The van der Waals surface area contributed by atoms with E-state index < -0.39 is 36.2 Å². The fourth-order valence-electron chi connectivity index (χ4n) is 4.90. The van der Waals surface area contributed by atoms with Crippen LogP contribution in [-0.4, -0.2) is 71.6 Å². The SMILES string of the molecule is COc1cccc(C(=O)NN)c1.[C-]#[N+]c1ccc(N[C@@H](C(=O)NNC(=C)c2cccc(OC)c2)[C@H](C)O)c(C)c1Cl.[C-]#[N+]c1ccc(N[C@@H](C(=O)O)[C@H](C)O)c(C)c1Cl. The number of aliphatic hydroxyl groups is 2. The van der Waals surface area contributed by atoms with Gasteiger partial charge in [-0.25, -0.2) is 20.3 Å². The summed E-state index contributed by atoms with van der Waals surface area (Å²) in [6.07, 6.45) is -2.05. The van der Waals surface area contributed by atoms with E-state index in [1.165, 1.54) is 19.9 Å². The maximum atomic E-state index is 12.6. The lowest BCUT2D eigenvalue weighted by Gasteiger charge is -2.24. The molecule has 0 radical (unpaired) electrons. The van der Waals surface area contributed by atoms with Gasteiger partial charge in [0.05, 0.1) is 55.3 Å². The van der Waals surface area contributed by atoms with Crippen molar-refractivity contribution in [2.75, 3.05) is 24.9 Å². The molecule has 0 saturated carbocycles. The van der Waals surface area contributed by atoms with Gasteiger partial charge in [0.1, 0.15) is 17.5 Å². The van der Waals surface area contributed by atoms with Crippen LogP contribution in [0.25, 0.3) is 15.4 Å². The van der Waals surface area contributed by atoms with Gasteiger partial charge in [-0.1, -0.05) is 60.1 Å². The molecule has 16 nitrogen and oxygen atoms in total. The molecule has 312 valence electrons. The fraction of sp³-hybridized carbons (Fsp3) is 0.244. The number of carboxylic acids is 1. The van der Waals surface area contributed by atoms with Crippen LogP contribution < -0.4 is 42.2 Å². The van der Waals surface area contributed by atoms with Crippen LogP contribution in [0.4, 0.5) is 22.7 Å². The summed E-state index contributed by atoms with van der Waals surface area (Å²) in [4.78, 5) is 41.2. The van der Waals surface area contributed by atoms with Gasteiger partial charge in [-0.05, 0) is 81.3 Å². The third-order valence-corrected chi connectivity index (χ3v) is 9.28. The van der Waals surface area contributed by atoms with E-state index >= 15 is 0 Å². The van der Waals surface area contributed by atoms with E-state index in [4.69, 9.17) is 56.8 Å². The number of nitrogens with one attached hydrogen (secondary N) is 5. The zero-order valence-corrected chi connectivity index (χ0v) is 34.6. The molecule has 4 aromatic rings. The number of hydrogen-bond donors (Lipinski definition) is 9. The van der Waals surface area contributed by atoms with Gasteiger partial charge in [-0.15, -0.1) is 0 Å². The smallest absolute Gasteiger partial charge is 0.328 e. The van der Waals surface area contributed by atoms with Crippen LogP contribution in [0.5, 0.6) is 11.5 Å². The Labute approximate surface area is 352 Å². The maximum absolute atomic E-state index is 12.6. The minimum Gasteiger partial charge on any atom is -0.497 e. The van der Waals surface area contributed by atoms with Crippen LogP contribution in [0.1, 0.15) is 40.9 Å². The number of carbonyl (C=O) groups excluding carboxylic acids is 2. The summed E-state index contributed by atoms with van der Waals surface area (Å²) in [6.45, 7) is 24.2. The molecule has 0 aliphatic heterocycles. The zero-order valence-electron chi connectivity index (χ0n) is 33.1. The predicted octanol–water partition coefficient (Wildman–Crippen LogP) is 6.40. The fourth-order valence-corrected chi connectivity index (χ4v) is 5.32. The highest BCUT2D eigenvalue weighted by molar-refractivity contribution is 6.35. The molecule has 10 N–H and O–H groups in total. The standard InChI is InChI=1S/C21H23ClN4O3.C12H13ClN2O3.C8H10N2O2/c1-12-17(9-10-18(23-4)19(12)22)24-20(14(3)27)21(28)26-25-13(2)15-7-6-8-16(11-15)29-5;1-6-8(4-5-9(14-3)10(6)13)15-11(7(2)16)12(17)18;1-12-7-4-2-3-6(5-7)8(11)10-9/h6-11,14,20,24-25,27H,2H2,1,3,5H3,(H,26,28);4-5,7,11,15-16H,1-2H3,(H,17,18);2-5H,9H2,1H3,(H,10,11)/t14-,20+;7-,11+;/m00./s1. The van der Waals surface area contributed by atoms with E-state index in [-0.39, 0.29) is 10.9 Å². The van der Waals surface area contributed by atoms with Crippen LogP contribution in [-0.2, 0) is 9.59 Å². The van der Waals surface area contributed by atoms with Crippen LogP contribution in [0.3, 0.4) is 0 Å². The van der Waals surface area contributed by atoms with E-state index in [1.807, 2.05) is 17.6 Å². The topological polar surface area (TPSA) is 225 Å². The van der Waals surface area contributed by atoms with Gasteiger partial charge in [0.25, 0.3) is 11.8 Å². The number of nitrogens with two attached hydrogens (primary N) is 1. The predicted molar refractivity (Wildman–Crippen MR) is 229 cm³/mol. The van der Waals surface area contributed by atoms with Crippen LogP contribution in [0.15, 0.2) is 79.4 Å². The van der Waals surface area contributed by atoms with Gasteiger partial charge < -0.3 is 35.4 Å². The lowest BCUT2D eigenvalue weighted by atomic mass is 10.1. The lowest BCUT2D eigenvalue weighted by Crippen LogP contribution is -2.50. The molecule has 4 aromatic carbocycles. The van der Waals surface area contributed by atoms with Crippen LogP contribution >= 0.6 is 23.2 Å². The average Bonchev–Trinajstić information content (AvgIpc) is 3.23. The van der Waals surface area contributed by atoms with Crippen molar-refractivity contribution < 1.29 is 39.2 Å². The van der Waals surface area contributed by atoms with Gasteiger partial charge in [0, 0.05) is 22.5 Å². The van der Waals surface area contributed by atoms with Gasteiger partial charge in [-0.3, -0.25) is 25.9 Å². The number of ether oxygens (including phenoxy) is 2. The summed E-state index contributed by atoms with van der Waals surface area (Å²) < 4.78 is 10.1. The van der Waals surface area contributed by atoms with Crippen molar-refractivity contribution in [2.45, 2.75) is 52.0 Å². The number of rotatable bonds is 14. The highest BCUT2D eigenvalue weighted by atomic mass is 35.5. The molecule has 4 rings (SSSR count). The monoisotopic (exact) mass is 848 g/mol. The molecule has 0 spiro atoms. The number of nitrogen functional groups attached to an aromatic ring is 1. The molecule has 4 atom stereocenters. The Balaban J connectivity index is 0.000000339. The number of nitrogens with zero attached hydrogens (tertiary/aromatic N) is 2. The molecule has 18 heteroatoms. The molecule has 0 aromatic heterocycles. The third kappa shape index (κ3) is 14.1. The molecule has 0 unspecified atom stereocenters. The highest BCUT2D eigenvalue weighted by Crippen LogP contribution is 2.34. The average molecular weight is 850 g/mol. The number of hydrogen-bond acceptors (Lipinski definition) is 11. The molecule has 2 amide bonds. The summed E-state index contributed by atoms with van der Waals surface area (Å²) in [5, 5.41) is 34.7. The van der Waals surface area contributed by atoms with Crippen molar-refractivity contribution in [2.24, 2.45) is 5.84 Å². The molecule has 59 heavy (non-hydrogen) atoms. The Morgan fingerprint density at radius 2 is 1.19 bits per heavy atom. The summed E-state index contributed by atoms with van der Waals surface area (Å²) in [7, 11) is 3.11. The molecule has 0 fully saturated rings. The number of methoxy groups -OCH3 is 2. The minimum atomic E-state index is -1.16. The zero-order chi connectivity index (χ0) is 44.4. The van der Waals surface area contributed by atoms with Gasteiger partial charge in [0.15, 0.2) is 6.04 Å². The van der Waals surface area contributed by atoms with Gasteiger partial charge in [0.2, 0.25) is 11.4 Å². The molecule has 0 aliphatic carbocycles. The minimum absolute atomic E-state index is 0.282. The summed E-state index contributed by atoms with van der Waals surface area (Å²) in [5.74, 6) is 4.28. The number of aliphatic hydroxyl groups excluding tert-OH is 2. The van der Waals surface area contributed by atoms with Crippen molar-refractivity contribution in [1.82, 2.24) is 16.3 Å². The maximum Gasteiger partial charge on any atom is 0.328 e. The van der Waals surface area contributed by atoms with E-state index in [0.717, 1.165) is 5.56 Å². The first-order chi connectivity index (χ1) is 27.9. The number of carbonyl (C=O) groups is 3. The van der Waals surface area contributed by atoms with E-state index in [2.05, 4.69) is 37.8 Å². The van der Waals surface area contributed by atoms with Crippen molar-refractivity contribution in [3.63, 3.8) is 0 Å². The largest absolute Gasteiger partial charge is 0.497 e. The van der Waals surface area contributed by atoms with Crippen molar-refractivity contribution in [1.29, 1.82) is 0 Å². The third-order valence-electron chi connectivity index (χ3n) is 8.33. The molecule has 0 aliphatic rings.